The standard InChI is InChI=1S/C27H22Cl2N2O4S/c1-36(33,34)31(25-9-5-8-24(28)26(25)29)18-19-10-12-20(13-11-19)27(32)30-21-14-16-23(17-15-21)35-22-6-3-2-4-7-22/h2-17H,18H2,1H3,(H,30,32). The number of anilines is 2. The number of para-hydroxylation sites is 1. The van der Waals surface area contributed by atoms with Gasteiger partial charge in [0.15, 0.2) is 0 Å². The lowest BCUT2D eigenvalue weighted by Crippen LogP contribution is -2.29. The Morgan fingerprint density at radius 1 is 0.833 bits per heavy atom. The predicted octanol–water partition coefficient (Wildman–Crippen LogP) is 7.00. The molecular formula is C27H22Cl2N2O4S. The summed E-state index contributed by atoms with van der Waals surface area (Å²) in [5.41, 5.74) is 2.00. The first-order valence-corrected chi connectivity index (χ1v) is 13.5. The van der Waals surface area contributed by atoms with Crippen LogP contribution in [0.3, 0.4) is 0 Å². The molecule has 0 spiro atoms. The molecule has 1 N–H and O–H groups in total. The van der Waals surface area contributed by atoms with E-state index in [0.717, 1.165) is 12.0 Å². The van der Waals surface area contributed by atoms with Gasteiger partial charge in [-0.3, -0.25) is 9.10 Å². The number of nitrogens with one attached hydrogen (secondary N) is 1. The molecule has 184 valence electrons. The zero-order valence-electron chi connectivity index (χ0n) is 19.2. The zero-order valence-corrected chi connectivity index (χ0v) is 21.5. The molecule has 0 unspecified atom stereocenters. The number of carbonyl (C=O) groups is 1. The van der Waals surface area contributed by atoms with Gasteiger partial charge < -0.3 is 10.1 Å². The van der Waals surface area contributed by atoms with Crippen LogP contribution in [0.25, 0.3) is 0 Å². The largest absolute Gasteiger partial charge is 0.457 e. The van der Waals surface area contributed by atoms with Crippen LogP contribution < -0.4 is 14.4 Å². The molecule has 0 aliphatic rings. The first-order valence-electron chi connectivity index (χ1n) is 10.9. The van der Waals surface area contributed by atoms with Crippen LogP contribution in [0.15, 0.2) is 97.1 Å². The van der Waals surface area contributed by atoms with Crippen molar-refractivity contribution < 1.29 is 17.9 Å². The Kier molecular flexibility index (Phi) is 7.84. The van der Waals surface area contributed by atoms with E-state index >= 15 is 0 Å². The van der Waals surface area contributed by atoms with Gasteiger partial charge in [-0.15, -0.1) is 0 Å². The molecule has 0 bridgehead atoms. The molecule has 4 aromatic carbocycles. The zero-order chi connectivity index (χ0) is 25.7. The highest BCUT2D eigenvalue weighted by Gasteiger charge is 2.21. The maximum atomic E-state index is 12.7. The SMILES string of the molecule is CS(=O)(=O)N(Cc1ccc(C(=O)Nc2ccc(Oc3ccccc3)cc2)cc1)c1cccc(Cl)c1Cl. The van der Waals surface area contributed by atoms with Gasteiger partial charge in [-0.2, -0.15) is 0 Å². The summed E-state index contributed by atoms with van der Waals surface area (Å²) in [6.07, 6.45) is 1.10. The highest BCUT2D eigenvalue weighted by atomic mass is 35.5. The number of amides is 1. The topological polar surface area (TPSA) is 75.7 Å². The minimum absolute atomic E-state index is 0.0314. The summed E-state index contributed by atoms with van der Waals surface area (Å²) in [5.74, 6) is 1.08. The fourth-order valence-electron chi connectivity index (χ4n) is 3.43. The molecule has 4 rings (SSSR count). The summed E-state index contributed by atoms with van der Waals surface area (Å²) in [4.78, 5) is 12.7. The smallest absolute Gasteiger partial charge is 0.255 e. The van der Waals surface area contributed by atoms with Crippen LogP contribution in [0.2, 0.25) is 10.0 Å². The van der Waals surface area contributed by atoms with E-state index in [1.54, 1.807) is 66.7 Å². The van der Waals surface area contributed by atoms with Gasteiger partial charge in [0.1, 0.15) is 11.5 Å². The van der Waals surface area contributed by atoms with Crippen LogP contribution in [0.1, 0.15) is 15.9 Å². The summed E-state index contributed by atoms with van der Waals surface area (Å²) in [6.45, 7) is 0.0314. The molecule has 0 fully saturated rings. The van der Waals surface area contributed by atoms with Crippen molar-refractivity contribution in [3.8, 4) is 11.5 Å². The van der Waals surface area contributed by atoms with Crippen molar-refractivity contribution in [2.75, 3.05) is 15.9 Å². The predicted molar refractivity (Wildman–Crippen MR) is 145 cm³/mol. The van der Waals surface area contributed by atoms with Crippen molar-refractivity contribution in [3.05, 3.63) is 118 Å². The van der Waals surface area contributed by atoms with E-state index in [1.807, 2.05) is 30.3 Å². The Bertz CT molecular complexity index is 1460. The van der Waals surface area contributed by atoms with E-state index in [2.05, 4.69) is 5.32 Å². The quantitative estimate of drug-likeness (QED) is 0.261. The second-order valence-corrected chi connectivity index (χ2v) is 10.6. The van der Waals surface area contributed by atoms with E-state index in [4.69, 9.17) is 27.9 Å². The first-order chi connectivity index (χ1) is 17.2. The van der Waals surface area contributed by atoms with Gasteiger partial charge in [-0.25, -0.2) is 8.42 Å². The number of carbonyl (C=O) groups excluding carboxylic acids is 1. The van der Waals surface area contributed by atoms with Gasteiger partial charge in [-0.05, 0) is 66.2 Å². The van der Waals surface area contributed by atoms with Gasteiger partial charge in [0, 0.05) is 11.3 Å². The Balaban J connectivity index is 1.43. The number of hydrogen-bond donors (Lipinski definition) is 1. The number of nitrogens with zero attached hydrogens (tertiary/aromatic N) is 1. The fourth-order valence-corrected chi connectivity index (χ4v) is 4.77. The Morgan fingerprint density at radius 3 is 2.11 bits per heavy atom. The summed E-state index contributed by atoms with van der Waals surface area (Å²) in [5, 5.41) is 3.25. The Hall–Kier alpha value is -3.52. The van der Waals surface area contributed by atoms with E-state index in [9.17, 15) is 13.2 Å². The molecule has 6 nitrogen and oxygen atoms in total. The van der Waals surface area contributed by atoms with Crippen LogP contribution in [-0.4, -0.2) is 20.6 Å². The van der Waals surface area contributed by atoms with E-state index in [0.29, 0.717) is 22.6 Å². The average molecular weight is 541 g/mol. The molecule has 4 aromatic rings. The van der Waals surface area contributed by atoms with E-state index in [1.165, 1.54) is 4.31 Å². The Labute approximate surface area is 220 Å². The molecule has 0 saturated heterocycles. The van der Waals surface area contributed by atoms with Gasteiger partial charge in [0.2, 0.25) is 10.0 Å². The molecule has 36 heavy (non-hydrogen) atoms. The number of benzene rings is 4. The lowest BCUT2D eigenvalue weighted by Gasteiger charge is -2.24. The normalized spacial score (nSPS) is 11.1. The molecule has 0 aromatic heterocycles. The van der Waals surface area contributed by atoms with Crippen molar-refractivity contribution in [1.82, 2.24) is 0 Å². The van der Waals surface area contributed by atoms with Gasteiger partial charge in [0.05, 0.1) is 28.5 Å². The maximum Gasteiger partial charge on any atom is 0.255 e. The number of ether oxygens (including phenoxy) is 1. The van der Waals surface area contributed by atoms with Crippen molar-refractivity contribution in [2.45, 2.75) is 6.54 Å². The van der Waals surface area contributed by atoms with Crippen LogP contribution >= 0.6 is 23.2 Å². The van der Waals surface area contributed by atoms with Crippen LogP contribution in [0.5, 0.6) is 11.5 Å². The molecule has 1 amide bonds. The highest BCUT2D eigenvalue weighted by molar-refractivity contribution is 7.92. The maximum absolute atomic E-state index is 12.7. The molecule has 0 atom stereocenters. The van der Waals surface area contributed by atoms with E-state index < -0.39 is 10.0 Å². The third-order valence-corrected chi connectivity index (χ3v) is 7.17. The summed E-state index contributed by atoms with van der Waals surface area (Å²) in [7, 11) is -3.65. The van der Waals surface area contributed by atoms with Crippen LogP contribution in [0.4, 0.5) is 11.4 Å². The van der Waals surface area contributed by atoms with Gasteiger partial charge in [0.25, 0.3) is 5.91 Å². The molecule has 0 saturated carbocycles. The van der Waals surface area contributed by atoms with Crippen molar-refractivity contribution in [2.24, 2.45) is 0 Å². The van der Waals surface area contributed by atoms with Gasteiger partial charge >= 0.3 is 0 Å². The molecule has 9 heteroatoms. The molecule has 0 aliphatic heterocycles. The second-order valence-electron chi connectivity index (χ2n) is 7.93. The lowest BCUT2D eigenvalue weighted by atomic mass is 10.1. The van der Waals surface area contributed by atoms with Gasteiger partial charge in [-0.1, -0.05) is 59.6 Å². The molecular weight excluding hydrogens is 519 g/mol. The van der Waals surface area contributed by atoms with Crippen LogP contribution in [0, 0.1) is 0 Å². The van der Waals surface area contributed by atoms with Crippen LogP contribution in [-0.2, 0) is 16.6 Å². The van der Waals surface area contributed by atoms with E-state index in [-0.39, 0.29) is 28.2 Å². The first kappa shape index (κ1) is 25.6. The lowest BCUT2D eigenvalue weighted by molar-refractivity contribution is 0.102. The van der Waals surface area contributed by atoms with Crippen molar-refractivity contribution in [1.29, 1.82) is 0 Å². The molecule has 0 radical (unpaired) electrons. The number of hydrogen-bond acceptors (Lipinski definition) is 4. The third-order valence-electron chi connectivity index (χ3n) is 5.23. The molecule has 0 heterocycles. The number of halogens is 2. The summed E-state index contributed by atoms with van der Waals surface area (Å²) >= 11 is 12.3. The fraction of sp³-hybridized carbons (Fsp3) is 0.0741. The highest BCUT2D eigenvalue weighted by Crippen LogP contribution is 2.34. The summed E-state index contributed by atoms with van der Waals surface area (Å²) < 4.78 is 31.8. The Morgan fingerprint density at radius 2 is 1.47 bits per heavy atom. The number of rotatable bonds is 8. The number of sulfonamides is 1. The third kappa shape index (κ3) is 6.37. The minimum atomic E-state index is -3.65. The second kappa shape index (κ2) is 11.0. The monoisotopic (exact) mass is 540 g/mol. The summed E-state index contributed by atoms with van der Waals surface area (Å²) in [6, 6.07) is 27.9. The van der Waals surface area contributed by atoms with Crippen molar-refractivity contribution >= 4 is 50.5 Å². The average Bonchev–Trinajstić information content (AvgIpc) is 2.86. The van der Waals surface area contributed by atoms with Crippen molar-refractivity contribution in [3.63, 3.8) is 0 Å². The molecule has 0 aliphatic carbocycles. The minimum Gasteiger partial charge on any atom is -0.457 e.